The Labute approximate surface area is 140 Å². The van der Waals surface area contributed by atoms with Gasteiger partial charge in [0.05, 0.1) is 6.04 Å². The van der Waals surface area contributed by atoms with Gasteiger partial charge in [-0.1, -0.05) is 0 Å². The zero-order valence-electron chi connectivity index (χ0n) is 13.6. The van der Waals surface area contributed by atoms with E-state index in [-0.39, 0.29) is 17.7 Å². The molecule has 2 saturated heterocycles. The molecule has 2 amide bonds. The van der Waals surface area contributed by atoms with Gasteiger partial charge in [0.25, 0.3) is 5.82 Å². The Morgan fingerprint density at radius 1 is 1.16 bits per heavy atom. The molecule has 25 heavy (non-hydrogen) atoms. The summed E-state index contributed by atoms with van der Waals surface area (Å²) in [7, 11) is 0. The minimum absolute atomic E-state index is 0.0125. The number of nitrogens with zero attached hydrogens (tertiary/aromatic N) is 6. The maximum absolute atomic E-state index is 13.1. The van der Waals surface area contributed by atoms with Crippen molar-refractivity contribution in [2.24, 2.45) is 0 Å². The lowest BCUT2D eigenvalue weighted by atomic mass is 10.1. The van der Waals surface area contributed by atoms with Gasteiger partial charge in [-0.05, 0) is 13.8 Å². The summed E-state index contributed by atoms with van der Waals surface area (Å²) >= 11 is 0. The number of fused-ring (bicyclic) bond motifs is 2. The largest absolute Gasteiger partial charge is 0.453 e. The van der Waals surface area contributed by atoms with Crippen molar-refractivity contribution < 1.29 is 18.0 Å². The lowest BCUT2D eigenvalue weighted by Gasteiger charge is -2.37. The van der Waals surface area contributed by atoms with Crippen molar-refractivity contribution >= 4 is 17.5 Å². The van der Waals surface area contributed by atoms with Crippen LogP contribution in [-0.2, 0) is 6.18 Å². The Morgan fingerprint density at radius 3 is 2.64 bits per heavy atom. The van der Waals surface area contributed by atoms with Gasteiger partial charge in [-0.15, -0.1) is 15.3 Å². The summed E-state index contributed by atoms with van der Waals surface area (Å²) in [5.74, 6) is -0.669. The van der Waals surface area contributed by atoms with Crippen LogP contribution in [0.25, 0.3) is 5.65 Å². The highest BCUT2D eigenvalue weighted by Crippen LogP contribution is 2.31. The predicted octanol–water partition coefficient (Wildman–Crippen LogP) is 0.974. The van der Waals surface area contributed by atoms with Crippen LogP contribution in [0.15, 0.2) is 0 Å². The molecule has 1 atom stereocenters. The van der Waals surface area contributed by atoms with Gasteiger partial charge in [-0.2, -0.15) is 17.7 Å². The number of piperazine rings is 1. The molecule has 0 aliphatic carbocycles. The van der Waals surface area contributed by atoms with E-state index in [2.05, 4.69) is 20.6 Å². The first-order valence-corrected chi connectivity index (χ1v) is 7.86. The molecule has 2 aromatic rings. The highest BCUT2D eigenvalue weighted by Gasteiger charge is 2.39. The molecule has 0 saturated carbocycles. The second kappa shape index (κ2) is 5.20. The fraction of sp³-hybridized carbons (Fsp3) is 0.571. The first-order valence-electron chi connectivity index (χ1n) is 7.86. The summed E-state index contributed by atoms with van der Waals surface area (Å²) < 4.78 is 40.2. The molecule has 0 bridgehead atoms. The van der Waals surface area contributed by atoms with E-state index in [1.165, 1.54) is 0 Å². The lowest BCUT2D eigenvalue weighted by molar-refractivity contribution is -0.146. The van der Waals surface area contributed by atoms with Crippen molar-refractivity contribution in [3.05, 3.63) is 17.0 Å². The molecule has 134 valence electrons. The minimum Gasteiger partial charge on any atom is -0.351 e. The van der Waals surface area contributed by atoms with Crippen LogP contribution in [-0.4, -0.2) is 63.0 Å². The van der Waals surface area contributed by atoms with Crippen molar-refractivity contribution in [2.45, 2.75) is 26.1 Å². The second-order valence-electron chi connectivity index (χ2n) is 6.31. The molecule has 4 rings (SSSR count). The normalized spacial score (nSPS) is 21.0. The van der Waals surface area contributed by atoms with Crippen LogP contribution in [0.2, 0.25) is 0 Å². The highest BCUT2D eigenvalue weighted by molar-refractivity contribution is 5.77. The molecule has 2 aliphatic heterocycles. The molecule has 0 aromatic carbocycles. The van der Waals surface area contributed by atoms with E-state index >= 15 is 0 Å². The van der Waals surface area contributed by atoms with Gasteiger partial charge < -0.3 is 15.1 Å². The Hall–Kier alpha value is -2.59. The smallest absolute Gasteiger partial charge is 0.351 e. The van der Waals surface area contributed by atoms with Crippen LogP contribution in [0.4, 0.5) is 23.8 Å². The van der Waals surface area contributed by atoms with E-state index in [4.69, 9.17) is 0 Å². The number of carbonyl (C=O) groups excluding carboxylic acids is 1. The maximum atomic E-state index is 13.1. The number of urea groups is 1. The van der Waals surface area contributed by atoms with E-state index in [9.17, 15) is 18.0 Å². The molecule has 0 radical (unpaired) electrons. The van der Waals surface area contributed by atoms with Gasteiger partial charge >= 0.3 is 12.2 Å². The van der Waals surface area contributed by atoms with Crippen LogP contribution < -0.4 is 10.2 Å². The molecule has 8 nitrogen and oxygen atoms in total. The number of rotatable bonds is 1. The second-order valence-corrected chi connectivity index (χ2v) is 6.31. The van der Waals surface area contributed by atoms with Gasteiger partial charge in [0.2, 0.25) is 0 Å². The van der Waals surface area contributed by atoms with Crippen LogP contribution in [0.3, 0.4) is 0 Å². The summed E-state index contributed by atoms with van der Waals surface area (Å²) in [4.78, 5) is 15.4. The van der Waals surface area contributed by atoms with Gasteiger partial charge in [0.15, 0.2) is 11.5 Å². The summed E-state index contributed by atoms with van der Waals surface area (Å²) in [6, 6.07) is -0.111. The van der Waals surface area contributed by atoms with Crippen LogP contribution in [0.5, 0.6) is 0 Å². The number of aromatic nitrogens is 4. The van der Waals surface area contributed by atoms with Crippen LogP contribution in [0.1, 0.15) is 17.0 Å². The summed E-state index contributed by atoms with van der Waals surface area (Å²) in [6.07, 6.45) is -4.63. The van der Waals surface area contributed by atoms with E-state index in [0.717, 1.165) is 10.1 Å². The molecule has 1 N–H and O–H groups in total. The molecule has 4 heterocycles. The van der Waals surface area contributed by atoms with Crippen molar-refractivity contribution in [2.75, 3.05) is 31.1 Å². The number of hydrogen-bond acceptors (Lipinski definition) is 5. The van der Waals surface area contributed by atoms with Crippen molar-refractivity contribution in [3.63, 3.8) is 0 Å². The molecular weight excluding hydrogens is 339 g/mol. The first kappa shape index (κ1) is 15.9. The van der Waals surface area contributed by atoms with Crippen LogP contribution in [0, 0.1) is 13.8 Å². The SMILES string of the molecule is Cc1c(N2CCN3C(=O)NCC3C2)nn2c(C(F)(F)F)nnc2c1C. The molecule has 2 aromatic heterocycles. The van der Waals surface area contributed by atoms with Crippen molar-refractivity contribution in [3.8, 4) is 0 Å². The monoisotopic (exact) mass is 355 g/mol. The van der Waals surface area contributed by atoms with Gasteiger partial charge in [-0.3, -0.25) is 0 Å². The fourth-order valence-electron chi connectivity index (χ4n) is 3.39. The minimum atomic E-state index is -4.63. The standard InChI is InChI=1S/C14H16F3N7O/c1-7-8(2)11(21-24-10(7)19-20-12(24)14(15,16)17)22-3-4-23-9(6-22)5-18-13(23)25/h9H,3-6H2,1-2H3,(H,18,25). The van der Waals surface area contributed by atoms with Crippen LogP contribution >= 0.6 is 0 Å². The Balaban J connectivity index is 1.77. The zero-order chi connectivity index (χ0) is 17.9. The first-order chi connectivity index (χ1) is 11.8. The average Bonchev–Trinajstić information content (AvgIpc) is 3.14. The average molecular weight is 355 g/mol. The third-order valence-electron chi connectivity index (χ3n) is 4.85. The van der Waals surface area contributed by atoms with Gasteiger partial charge in [0, 0.05) is 37.3 Å². The van der Waals surface area contributed by atoms with E-state index in [1.807, 2.05) is 11.8 Å². The third-order valence-corrected chi connectivity index (χ3v) is 4.85. The molecule has 1 unspecified atom stereocenters. The van der Waals surface area contributed by atoms with E-state index in [1.54, 1.807) is 11.8 Å². The molecule has 2 aliphatic rings. The summed E-state index contributed by atoms with van der Waals surface area (Å²) in [6.45, 7) is 5.57. The zero-order valence-corrected chi connectivity index (χ0v) is 13.6. The van der Waals surface area contributed by atoms with E-state index < -0.39 is 12.0 Å². The van der Waals surface area contributed by atoms with Crippen molar-refractivity contribution in [1.82, 2.24) is 30.0 Å². The lowest BCUT2D eigenvalue weighted by Crippen LogP contribution is -2.52. The van der Waals surface area contributed by atoms with Crippen molar-refractivity contribution in [1.29, 1.82) is 0 Å². The summed E-state index contributed by atoms with van der Waals surface area (Å²) in [5.41, 5.74) is 1.47. The summed E-state index contributed by atoms with van der Waals surface area (Å²) in [5, 5.41) is 13.9. The highest BCUT2D eigenvalue weighted by atomic mass is 19.4. The van der Waals surface area contributed by atoms with Gasteiger partial charge in [-0.25, -0.2) is 4.79 Å². The Bertz CT molecular complexity index is 862. The molecule has 11 heteroatoms. The number of anilines is 1. The number of amides is 2. The molecule has 2 fully saturated rings. The number of carbonyl (C=O) groups is 1. The molecule has 0 spiro atoms. The number of hydrogen-bond donors (Lipinski definition) is 1. The Kier molecular flexibility index (Phi) is 3.31. The molecular formula is C14H16F3N7O. The number of nitrogens with one attached hydrogen (secondary N) is 1. The predicted molar refractivity (Wildman–Crippen MR) is 81.4 cm³/mol. The fourth-order valence-corrected chi connectivity index (χ4v) is 3.39. The van der Waals surface area contributed by atoms with E-state index in [0.29, 0.717) is 37.6 Å². The number of halogens is 3. The maximum Gasteiger partial charge on any atom is 0.453 e. The quantitative estimate of drug-likeness (QED) is 0.825. The number of alkyl halides is 3. The third kappa shape index (κ3) is 2.36. The topological polar surface area (TPSA) is 78.7 Å². The number of aryl methyl sites for hydroxylation is 1. The van der Waals surface area contributed by atoms with Gasteiger partial charge in [0.1, 0.15) is 0 Å². The Morgan fingerprint density at radius 2 is 1.92 bits per heavy atom.